The summed E-state index contributed by atoms with van der Waals surface area (Å²) in [7, 11) is 0. The summed E-state index contributed by atoms with van der Waals surface area (Å²) in [5.74, 6) is 2.34. The van der Waals surface area contributed by atoms with Gasteiger partial charge in [-0.1, -0.05) is 6.92 Å². The second kappa shape index (κ2) is 6.33. The van der Waals surface area contributed by atoms with Crippen molar-refractivity contribution in [2.45, 2.75) is 13.3 Å². The number of benzene rings is 1. The fraction of sp³-hybridized carbons (Fsp3) is 0.417. The fourth-order valence-corrected chi connectivity index (χ4v) is 2.85. The molecule has 0 saturated heterocycles. The van der Waals surface area contributed by atoms with Gasteiger partial charge in [0.25, 0.3) is 0 Å². The van der Waals surface area contributed by atoms with E-state index in [1.54, 1.807) is 0 Å². The molecule has 6 heteroatoms. The Morgan fingerprint density at radius 3 is 2.78 bits per heavy atom. The maximum Gasteiger partial charge on any atom is 0.323 e. The van der Waals surface area contributed by atoms with E-state index in [0.29, 0.717) is 0 Å². The van der Waals surface area contributed by atoms with Crippen LogP contribution in [0.1, 0.15) is 13.3 Å². The molecule has 0 aliphatic heterocycles. The molecule has 0 saturated carbocycles. The van der Waals surface area contributed by atoms with Gasteiger partial charge in [0.2, 0.25) is 0 Å². The van der Waals surface area contributed by atoms with Crippen molar-refractivity contribution in [1.29, 1.82) is 0 Å². The molecule has 0 fully saturated rings. The van der Waals surface area contributed by atoms with E-state index < -0.39 is 0 Å². The van der Waals surface area contributed by atoms with Gasteiger partial charge < -0.3 is 15.3 Å². The van der Waals surface area contributed by atoms with Crippen molar-refractivity contribution in [2.24, 2.45) is 0 Å². The van der Waals surface area contributed by atoms with Gasteiger partial charge in [0, 0.05) is 11.0 Å². The number of hydrogen-bond donors (Lipinski definition) is 3. The number of rotatable bonds is 6. The number of H-pyrrole nitrogens is 2. The van der Waals surface area contributed by atoms with Gasteiger partial charge in [-0.15, -0.1) is 0 Å². The lowest BCUT2D eigenvalue weighted by Crippen LogP contribution is -2.03. The fourth-order valence-electron chi connectivity index (χ4n) is 1.73. The second-order valence-electron chi connectivity index (χ2n) is 3.93. The third-order valence-corrected chi connectivity index (χ3v) is 4.23. The molecule has 0 aliphatic rings. The number of aromatic amines is 2. The molecule has 18 heavy (non-hydrogen) atoms. The highest BCUT2D eigenvalue weighted by Crippen LogP contribution is 2.26. The van der Waals surface area contributed by atoms with Crippen LogP contribution < -0.4 is 11.0 Å². The van der Waals surface area contributed by atoms with E-state index in [-0.39, 0.29) is 5.69 Å². The van der Waals surface area contributed by atoms with E-state index in [0.717, 1.165) is 34.2 Å². The molecule has 1 aromatic heterocycles. The van der Waals surface area contributed by atoms with Crippen LogP contribution in [-0.4, -0.2) is 28.0 Å². The van der Waals surface area contributed by atoms with E-state index in [1.807, 2.05) is 23.9 Å². The Bertz CT molecular complexity index is 578. The lowest BCUT2D eigenvalue weighted by atomic mass is 10.2. The lowest BCUT2D eigenvalue weighted by Gasteiger charge is -2.08. The van der Waals surface area contributed by atoms with Crippen molar-refractivity contribution in [1.82, 2.24) is 9.97 Å². The van der Waals surface area contributed by atoms with E-state index in [1.165, 1.54) is 11.5 Å². The highest BCUT2D eigenvalue weighted by Gasteiger charge is 2.04. The number of aromatic nitrogens is 2. The zero-order valence-electron chi connectivity index (χ0n) is 10.2. The summed E-state index contributed by atoms with van der Waals surface area (Å²) in [6, 6.07) is 3.86. The molecule has 3 N–H and O–H groups in total. The van der Waals surface area contributed by atoms with Crippen LogP contribution in [0.25, 0.3) is 11.0 Å². The van der Waals surface area contributed by atoms with Gasteiger partial charge in [0.15, 0.2) is 0 Å². The molecule has 0 radical (unpaired) electrons. The number of anilines is 1. The summed E-state index contributed by atoms with van der Waals surface area (Å²) >= 11 is 5.45. The van der Waals surface area contributed by atoms with Gasteiger partial charge in [-0.2, -0.15) is 11.8 Å². The van der Waals surface area contributed by atoms with E-state index >= 15 is 0 Å². The first-order chi connectivity index (χ1) is 8.70. The molecular weight excluding hydrogens is 314 g/mol. The molecule has 0 bridgehead atoms. The summed E-state index contributed by atoms with van der Waals surface area (Å²) < 4.78 is 0.966. The number of imidazole rings is 1. The van der Waals surface area contributed by atoms with Gasteiger partial charge in [-0.25, -0.2) is 4.79 Å². The van der Waals surface area contributed by atoms with Crippen LogP contribution >= 0.6 is 27.7 Å². The normalized spacial score (nSPS) is 11.0. The maximum absolute atomic E-state index is 11.2. The third-order valence-electron chi connectivity index (χ3n) is 2.59. The Kier molecular flexibility index (Phi) is 4.77. The predicted octanol–water partition coefficient (Wildman–Crippen LogP) is 3.17. The van der Waals surface area contributed by atoms with Crippen LogP contribution in [0, 0.1) is 0 Å². The van der Waals surface area contributed by atoms with Crippen molar-refractivity contribution < 1.29 is 0 Å². The minimum absolute atomic E-state index is 0.173. The SMILES string of the molecule is CCSCCCNc1cc2[nH]c(=O)[nH]c2cc1Br. The summed E-state index contributed by atoms with van der Waals surface area (Å²) in [4.78, 5) is 16.7. The molecule has 4 nitrogen and oxygen atoms in total. The summed E-state index contributed by atoms with van der Waals surface area (Å²) in [6.07, 6.45) is 1.13. The van der Waals surface area contributed by atoms with Crippen LogP contribution in [0.15, 0.2) is 21.4 Å². The number of thioether (sulfide) groups is 1. The van der Waals surface area contributed by atoms with Crippen LogP contribution in [0.5, 0.6) is 0 Å². The van der Waals surface area contributed by atoms with Crippen molar-refractivity contribution in [3.63, 3.8) is 0 Å². The monoisotopic (exact) mass is 329 g/mol. The quantitative estimate of drug-likeness (QED) is 0.713. The van der Waals surface area contributed by atoms with Gasteiger partial charge in [0.1, 0.15) is 0 Å². The maximum atomic E-state index is 11.2. The standard InChI is InChI=1S/C12H16BrN3OS/c1-2-18-5-3-4-14-9-7-11-10(6-8(9)13)15-12(17)16-11/h6-7,14H,2-5H2,1H3,(H2,15,16,17). The Hall–Kier alpha value is -0.880. The lowest BCUT2D eigenvalue weighted by molar-refractivity contribution is 0.991. The zero-order valence-corrected chi connectivity index (χ0v) is 12.6. The highest BCUT2D eigenvalue weighted by atomic mass is 79.9. The first kappa shape index (κ1) is 13.5. The number of hydrogen-bond acceptors (Lipinski definition) is 3. The predicted molar refractivity (Wildman–Crippen MR) is 82.7 cm³/mol. The van der Waals surface area contributed by atoms with Crippen LogP contribution in [-0.2, 0) is 0 Å². The smallest absolute Gasteiger partial charge is 0.323 e. The Morgan fingerprint density at radius 2 is 2.06 bits per heavy atom. The Morgan fingerprint density at radius 1 is 1.33 bits per heavy atom. The van der Waals surface area contributed by atoms with Crippen LogP contribution in [0.2, 0.25) is 0 Å². The molecule has 1 heterocycles. The largest absolute Gasteiger partial charge is 0.384 e. The van der Waals surface area contributed by atoms with E-state index in [2.05, 4.69) is 38.1 Å². The molecule has 2 aromatic rings. The van der Waals surface area contributed by atoms with Crippen LogP contribution in [0.3, 0.4) is 0 Å². The van der Waals surface area contributed by atoms with Gasteiger partial charge >= 0.3 is 5.69 Å². The topological polar surface area (TPSA) is 60.7 Å². The molecule has 2 rings (SSSR count). The molecule has 0 amide bonds. The van der Waals surface area contributed by atoms with Crippen molar-refractivity contribution in [3.05, 3.63) is 27.1 Å². The van der Waals surface area contributed by atoms with E-state index in [9.17, 15) is 4.79 Å². The molecule has 0 aliphatic carbocycles. The molecular formula is C12H16BrN3OS. The number of nitrogens with one attached hydrogen (secondary N) is 3. The Balaban J connectivity index is 2.03. The number of fused-ring (bicyclic) bond motifs is 1. The summed E-state index contributed by atoms with van der Waals surface area (Å²) in [6.45, 7) is 3.11. The number of halogens is 1. The Labute approximate surface area is 118 Å². The van der Waals surface area contributed by atoms with Crippen molar-refractivity contribution in [3.8, 4) is 0 Å². The van der Waals surface area contributed by atoms with Crippen molar-refractivity contribution in [2.75, 3.05) is 23.4 Å². The summed E-state index contributed by atoms with van der Waals surface area (Å²) in [5, 5.41) is 3.38. The molecule has 0 spiro atoms. The first-order valence-corrected chi connectivity index (χ1v) is 7.88. The second-order valence-corrected chi connectivity index (χ2v) is 6.18. The summed E-state index contributed by atoms with van der Waals surface area (Å²) in [5.41, 5.74) is 2.49. The average Bonchev–Trinajstić information content (AvgIpc) is 2.68. The first-order valence-electron chi connectivity index (χ1n) is 5.94. The molecule has 1 aromatic carbocycles. The molecule has 0 atom stereocenters. The van der Waals surface area contributed by atoms with Gasteiger partial charge in [0.05, 0.1) is 16.7 Å². The molecule has 0 unspecified atom stereocenters. The van der Waals surface area contributed by atoms with Crippen molar-refractivity contribution >= 4 is 44.4 Å². The van der Waals surface area contributed by atoms with E-state index in [4.69, 9.17) is 0 Å². The molecule has 98 valence electrons. The minimum Gasteiger partial charge on any atom is -0.384 e. The van der Waals surface area contributed by atoms with Crippen LogP contribution in [0.4, 0.5) is 5.69 Å². The minimum atomic E-state index is -0.173. The highest BCUT2D eigenvalue weighted by molar-refractivity contribution is 9.10. The van der Waals surface area contributed by atoms with Gasteiger partial charge in [-0.3, -0.25) is 0 Å². The average molecular weight is 330 g/mol. The third kappa shape index (κ3) is 3.32. The van der Waals surface area contributed by atoms with Gasteiger partial charge in [-0.05, 0) is 46.0 Å². The zero-order chi connectivity index (χ0) is 13.0.